The summed E-state index contributed by atoms with van der Waals surface area (Å²) >= 11 is 1.60. The summed E-state index contributed by atoms with van der Waals surface area (Å²) in [5.41, 5.74) is 1.10. The fraction of sp³-hybridized carbons (Fsp3) is 0.444. The molecule has 0 saturated carbocycles. The number of ether oxygens (including phenoxy) is 3. The van der Waals surface area contributed by atoms with Crippen LogP contribution in [0.2, 0.25) is 0 Å². The third kappa shape index (κ3) is 4.80. The normalized spacial score (nSPS) is 16.8. The van der Waals surface area contributed by atoms with Gasteiger partial charge in [-0.05, 0) is 34.5 Å². The zero-order valence-electron chi connectivity index (χ0n) is 15.4. The van der Waals surface area contributed by atoms with Gasteiger partial charge in [-0.3, -0.25) is 4.90 Å². The molecule has 0 bridgehead atoms. The second-order valence-electron chi connectivity index (χ2n) is 6.09. The molecule has 0 unspecified atom stereocenters. The molecule has 1 aromatic carbocycles. The van der Waals surface area contributed by atoms with Crippen molar-refractivity contribution in [3.05, 3.63) is 40.6 Å². The first-order valence-electron chi connectivity index (χ1n) is 8.60. The minimum Gasteiger partial charge on any atom is -0.497 e. The summed E-state index contributed by atoms with van der Waals surface area (Å²) in [4.78, 5) is 2.34. The van der Waals surface area contributed by atoms with Gasteiger partial charge in [-0.2, -0.15) is 11.3 Å². The molecule has 7 nitrogen and oxygen atoms in total. The summed E-state index contributed by atoms with van der Waals surface area (Å²) in [5.74, 6) is 0.788. The van der Waals surface area contributed by atoms with Crippen LogP contribution in [0.15, 0.2) is 39.9 Å². The van der Waals surface area contributed by atoms with Gasteiger partial charge in [0.2, 0.25) is 10.0 Å². The van der Waals surface area contributed by atoms with Gasteiger partial charge in [0.25, 0.3) is 0 Å². The first kappa shape index (κ1) is 20.1. The molecule has 1 aromatic heterocycles. The molecule has 2 aromatic rings. The maximum atomic E-state index is 12.9. The number of morpholine rings is 1. The number of nitrogens with zero attached hydrogens (tertiary/aromatic N) is 1. The summed E-state index contributed by atoms with van der Waals surface area (Å²) in [7, 11) is -0.775. The number of hydrogen-bond donors (Lipinski definition) is 1. The third-order valence-corrected chi connectivity index (χ3v) is 6.71. The highest BCUT2D eigenvalue weighted by molar-refractivity contribution is 7.89. The minimum absolute atomic E-state index is 0.0424. The van der Waals surface area contributed by atoms with Crippen LogP contribution in [0.4, 0.5) is 0 Å². The lowest BCUT2D eigenvalue weighted by atomic mass is 10.1. The van der Waals surface area contributed by atoms with Gasteiger partial charge in [0.15, 0.2) is 0 Å². The highest BCUT2D eigenvalue weighted by atomic mass is 32.2. The van der Waals surface area contributed by atoms with Gasteiger partial charge in [-0.15, -0.1) is 0 Å². The van der Waals surface area contributed by atoms with Crippen LogP contribution in [0.25, 0.3) is 0 Å². The van der Waals surface area contributed by atoms with E-state index in [9.17, 15) is 8.42 Å². The number of methoxy groups -OCH3 is 2. The largest absolute Gasteiger partial charge is 0.497 e. The number of thiophene rings is 1. The SMILES string of the molecule is COc1ccc(S(=O)(=O)NC[C@@H](c2ccsc2)N2CCOCC2)c(OC)c1. The first-order chi connectivity index (χ1) is 13.0. The minimum atomic E-state index is -3.74. The van der Waals surface area contributed by atoms with E-state index in [4.69, 9.17) is 14.2 Å². The van der Waals surface area contributed by atoms with Crippen molar-refractivity contribution in [3.8, 4) is 11.5 Å². The average molecular weight is 413 g/mol. The van der Waals surface area contributed by atoms with E-state index in [2.05, 4.69) is 15.0 Å². The highest BCUT2D eigenvalue weighted by Crippen LogP contribution is 2.29. The lowest BCUT2D eigenvalue weighted by molar-refractivity contribution is 0.0173. The van der Waals surface area contributed by atoms with E-state index in [0.29, 0.717) is 19.0 Å². The molecule has 1 aliphatic heterocycles. The Hall–Kier alpha value is -1.65. The predicted molar refractivity (Wildman–Crippen MR) is 104 cm³/mol. The Labute approximate surface area is 163 Å². The molecule has 1 aliphatic rings. The first-order valence-corrected chi connectivity index (χ1v) is 11.0. The van der Waals surface area contributed by atoms with Crippen LogP contribution in [0.5, 0.6) is 11.5 Å². The number of sulfonamides is 1. The van der Waals surface area contributed by atoms with Gasteiger partial charge in [-0.25, -0.2) is 13.1 Å². The van der Waals surface area contributed by atoms with Crippen LogP contribution in [-0.4, -0.2) is 60.4 Å². The van der Waals surface area contributed by atoms with Crippen molar-refractivity contribution in [2.75, 3.05) is 47.1 Å². The smallest absolute Gasteiger partial charge is 0.244 e. The fourth-order valence-electron chi connectivity index (χ4n) is 3.07. The van der Waals surface area contributed by atoms with E-state index in [0.717, 1.165) is 18.7 Å². The molecule has 0 amide bonds. The van der Waals surface area contributed by atoms with E-state index in [1.54, 1.807) is 23.5 Å². The van der Waals surface area contributed by atoms with Crippen LogP contribution >= 0.6 is 11.3 Å². The zero-order valence-corrected chi connectivity index (χ0v) is 17.0. The number of benzene rings is 1. The van der Waals surface area contributed by atoms with E-state index >= 15 is 0 Å². The van der Waals surface area contributed by atoms with Crippen LogP contribution in [0.3, 0.4) is 0 Å². The molecule has 1 atom stereocenters. The van der Waals surface area contributed by atoms with E-state index in [-0.39, 0.29) is 23.2 Å². The van der Waals surface area contributed by atoms with Gasteiger partial charge < -0.3 is 14.2 Å². The molecule has 148 valence electrons. The topological polar surface area (TPSA) is 77.1 Å². The number of hydrogen-bond acceptors (Lipinski definition) is 7. The van der Waals surface area contributed by atoms with Crippen LogP contribution in [-0.2, 0) is 14.8 Å². The highest BCUT2D eigenvalue weighted by Gasteiger charge is 2.26. The Kier molecular flexibility index (Phi) is 6.72. The summed E-state index contributed by atoms with van der Waals surface area (Å²) in [5, 5.41) is 4.06. The van der Waals surface area contributed by atoms with E-state index in [1.807, 2.05) is 11.4 Å². The summed E-state index contributed by atoms with van der Waals surface area (Å²) in [6, 6.07) is 6.66. The standard InChI is InChI=1S/C18H24N2O5S2/c1-23-15-3-4-18(17(11-15)24-2)27(21,22)19-12-16(14-5-10-26-13-14)20-6-8-25-9-7-20/h3-5,10-11,13,16,19H,6-9,12H2,1-2H3/t16-/m0/s1. The summed E-state index contributed by atoms with van der Waals surface area (Å²) in [6.07, 6.45) is 0. The number of nitrogens with one attached hydrogen (secondary N) is 1. The summed E-state index contributed by atoms with van der Waals surface area (Å²) in [6.45, 7) is 3.12. The van der Waals surface area contributed by atoms with Crippen LogP contribution < -0.4 is 14.2 Å². The van der Waals surface area contributed by atoms with Gasteiger partial charge in [-0.1, -0.05) is 0 Å². The van der Waals surface area contributed by atoms with Crippen molar-refractivity contribution in [1.29, 1.82) is 0 Å². The van der Waals surface area contributed by atoms with Crippen molar-refractivity contribution in [3.63, 3.8) is 0 Å². The molecule has 0 spiro atoms. The molecule has 2 heterocycles. The van der Waals surface area contributed by atoms with Crippen molar-refractivity contribution >= 4 is 21.4 Å². The van der Waals surface area contributed by atoms with Gasteiger partial charge >= 0.3 is 0 Å². The monoisotopic (exact) mass is 412 g/mol. The average Bonchev–Trinajstić information content (AvgIpc) is 3.22. The molecule has 27 heavy (non-hydrogen) atoms. The fourth-order valence-corrected chi connectivity index (χ4v) is 4.97. The van der Waals surface area contributed by atoms with Gasteiger partial charge in [0.05, 0.1) is 27.4 Å². The third-order valence-electron chi connectivity index (χ3n) is 4.54. The second-order valence-corrected chi connectivity index (χ2v) is 8.60. The Morgan fingerprint density at radius 3 is 2.63 bits per heavy atom. The summed E-state index contributed by atoms with van der Waals surface area (Å²) < 4.78 is 44.3. The molecule has 1 N–H and O–H groups in total. The zero-order chi connectivity index (χ0) is 19.3. The Balaban J connectivity index is 1.80. The second kappa shape index (κ2) is 9.03. The van der Waals surface area contributed by atoms with E-state index < -0.39 is 10.0 Å². The molecule has 1 fully saturated rings. The lowest BCUT2D eigenvalue weighted by Crippen LogP contribution is -2.43. The maximum Gasteiger partial charge on any atom is 0.244 e. The quantitative estimate of drug-likeness (QED) is 0.716. The van der Waals surface area contributed by atoms with Crippen molar-refractivity contribution < 1.29 is 22.6 Å². The molecule has 0 aliphatic carbocycles. The van der Waals surface area contributed by atoms with Crippen LogP contribution in [0, 0.1) is 0 Å². The Bertz CT molecular complexity index is 833. The molecule has 9 heteroatoms. The Morgan fingerprint density at radius 2 is 2.00 bits per heavy atom. The molecule has 0 radical (unpaired) electrons. The molecule has 1 saturated heterocycles. The lowest BCUT2D eigenvalue weighted by Gasteiger charge is -2.34. The molecular weight excluding hydrogens is 388 g/mol. The maximum absolute atomic E-state index is 12.9. The van der Waals surface area contributed by atoms with Gasteiger partial charge in [0, 0.05) is 31.7 Å². The van der Waals surface area contributed by atoms with Crippen molar-refractivity contribution in [2.24, 2.45) is 0 Å². The van der Waals surface area contributed by atoms with Crippen molar-refractivity contribution in [1.82, 2.24) is 9.62 Å². The van der Waals surface area contributed by atoms with Crippen molar-refractivity contribution in [2.45, 2.75) is 10.9 Å². The molecule has 3 rings (SSSR count). The van der Waals surface area contributed by atoms with E-state index in [1.165, 1.54) is 20.3 Å². The van der Waals surface area contributed by atoms with Gasteiger partial charge in [0.1, 0.15) is 16.4 Å². The Morgan fingerprint density at radius 1 is 1.22 bits per heavy atom. The number of rotatable bonds is 8. The predicted octanol–water partition coefficient (Wildman–Crippen LogP) is 2.12. The molecular formula is C18H24N2O5S2. The van der Waals surface area contributed by atoms with Crippen LogP contribution in [0.1, 0.15) is 11.6 Å².